The van der Waals surface area contributed by atoms with Crippen molar-refractivity contribution in [1.82, 2.24) is 14.7 Å². The lowest BCUT2D eigenvalue weighted by Gasteiger charge is -2.13. The van der Waals surface area contributed by atoms with Gasteiger partial charge in [-0.15, -0.1) is 12.4 Å². The van der Waals surface area contributed by atoms with Crippen LogP contribution in [-0.2, 0) is 10.2 Å². The topological polar surface area (TPSA) is 118 Å². The number of fused-ring (bicyclic) bond motifs is 1. The molecule has 0 radical (unpaired) electrons. The van der Waals surface area contributed by atoms with E-state index < -0.39 is 16.3 Å². The fourth-order valence-corrected chi connectivity index (χ4v) is 3.21. The van der Waals surface area contributed by atoms with E-state index in [2.05, 4.69) is 14.7 Å². The molecule has 3 aromatic rings. The van der Waals surface area contributed by atoms with Crippen LogP contribution < -0.4 is 15.4 Å². The van der Waals surface area contributed by atoms with E-state index >= 15 is 0 Å². The predicted octanol–water partition coefficient (Wildman–Crippen LogP) is 1.87. The average Bonchev–Trinajstić information content (AvgIpc) is 2.52. The van der Waals surface area contributed by atoms with Crippen molar-refractivity contribution in [3.8, 4) is 11.1 Å². The van der Waals surface area contributed by atoms with Crippen molar-refractivity contribution in [2.75, 3.05) is 0 Å². The van der Waals surface area contributed by atoms with Crippen LogP contribution in [0, 0.1) is 0 Å². The number of benzene rings is 1. The van der Waals surface area contributed by atoms with Gasteiger partial charge >= 0.3 is 0 Å². The minimum Gasteiger partial charge on any atom is -0.307 e. The molecular formula is C16H17ClN4O3S. The molecule has 0 aliphatic rings. The number of hydrogen-bond acceptors (Lipinski definition) is 4. The Balaban J connectivity index is 0.00000225. The van der Waals surface area contributed by atoms with Crippen LogP contribution in [0.3, 0.4) is 0 Å². The fraction of sp³-hybridized carbons (Fsp3) is 0.125. The summed E-state index contributed by atoms with van der Waals surface area (Å²) < 4.78 is 24.5. The molecule has 3 rings (SSSR count). The Morgan fingerprint density at radius 2 is 1.80 bits per heavy atom. The zero-order valence-electron chi connectivity index (χ0n) is 13.3. The summed E-state index contributed by atoms with van der Waals surface area (Å²) in [5.74, 6) is 0. The minimum absolute atomic E-state index is 0. The molecule has 7 nitrogen and oxygen atoms in total. The minimum atomic E-state index is -3.76. The number of rotatable bonds is 4. The van der Waals surface area contributed by atoms with Crippen LogP contribution in [0.2, 0.25) is 0 Å². The lowest BCUT2D eigenvalue weighted by Crippen LogP contribution is -2.32. The number of halogens is 1. The molecule has 0 aliphatic heterocycles. The molecule has 0 aliphatic carbocycles. The molecule has 1 aromatic carbocycles. The highest BCUT2D eigenvalue weighted by molar-refractivity contribution is 7.87. The van der Waals surface area contributed by atoms with Gasteiger partial charge in [0.15, 0.2) is 0 Å². The van der Waals surface area contributed by atoms with Gasteiger partial charge < -0.3 is 4.98 Å². The van der Waals surface area contributed by atoms with Crippen molar-refractivity contribution in [2.45, 2.75) is 13.0 Å². The molecule has 0 fully saturated rings. The summed E-state index contributed by atoms with van der Waals surface area (Å²) in [5, 5.41) is 5.83. The second-order valence-electron chi connectivity index (χ2n) is 5.45. The molecule has 0 saturated carbocycles. The van der Waals surface area contributed by atoms with Crippen molar-refractivity contribution in [3.63, 3.8) is 0 Å². The smallest absolute Gasteiger partial charge is 0.274 e. The van der Waals surface area contributed by atoms with Crippen LogP contribution in [0.15, 0.2) is 53.5 Å². The van der Waals surface area contributed by atoms with E-state index in [4.69, 9.17) is 5.14 Å². The highest BCUT2D eigenvalue weighted by atomic mass is 35.5. The molecule has 0 saturated heterocycles. The molecule has 4 N–H and O–H groups in total. The molecule has 0 unspecified atom stereocenters. The maximum absolute atomic E-state index is 11.4. The zero-order valence-corrected chi connectivity index (χ0v) is 14.9. The lowest BCUT2D eigenvalue weighted by atomic mass is 10.00. The van der Waals surface area contributed by atoms with Crippen LogP contribution >= 0.6 is 12.4 Å². The van der Waals surface area contributed by atoms with Gasteiger partial charge in [-0.25, -0.2) is 10.1 Å². The Morgan fingerprint density at radius 1 is 1.12 bits per heavy atom. The molecule has 132 valence electrons. The largest absolute Gasteiger partial charge is 0.307 e. The quantitative estimate of drug-likeness (QED) is 0.640. The van der Waals surface area contributed by atoms with E-state index in [1.165, 1.54) is 6.07 Å². The van der Waals surface area contributed by atoms with Crippen molar-refractivity contribution >= 4 is 33.6 Å². The number of aromatic amines is 1. The molecule has 25 heavy (non-hydrogen) atoms. The van der Waals surface area contributed by atoms with E-state index in [1.54, 1.807) is 19.2 Å². The maximum Gasteiger partial charge on any atom is 0.274 e. The Kier molecular flexibility index (Phi) is 5.58. The summed E-state index contributed by atoms with van der Waals surface area (Å²) in [5.41, 5.74) is 2.97. The van der Waals surface area contributed by atoms with Crippen LogP contribution in [0.5, 0.6) is 0 Å². The number of aromatic nitrogens is 2. The summed E-state index contributed by atoms with van der Waals surface area (Å²) in [6.07, 6.45) is 1.63. The normalized spacial score (nSPS) is 12.6. The van der Waals surface area contributed by atoms with Crippen LogP contribution in [-0.4, -0.2) is 18.4 Å². The molecule has 0 amide bonds. The molecule has 0 spiro atoms. The molecule has 2 aromatic heterocycles. The van der Waals surface area contributed by atoms with Gasteiger partial charge in [-0.3, -0.25) is 4.79 Å². The van der Waals surface area contributed by atoms with Gasteiger partial charge in [0.2, 0.25) is 5.56 Å². The lowest BCUT2D eigenvalue weighted by molar-refractivity contribution is 0.568. The predicted molar refractivity (Wildman–Crippen MR) is 99.7 cm³/mol. The third kappa shape index (κ3) is 4.43. The number of nitrogens with one attached hydrogen (secondary N) is 2. The highest BCUT2D eigenvalue weighted by Gasteiger charge is 2.12. The molecule has 9 heteroatoms. The van der Waals surface area contributed by atoms with Crippen molar-refractivity contribution in [3.05, 3.63) is 64.6 Å². The first kappa shape index (κ1) is 19.1. The average molecular weight is 381 g/mol. The van der Waals surface area contributed by atoms with Gasteiger partial charge in [-0.1, -0.05) is 24.3 Å². The van der Waals surface area contributed by atoms with Gasteiger partial charge in [-0.05, 0) is 35.7 Å². The van der Waals surface area contributed by atoms with Gasteiger partial charge in [0.05, 0.1) is 0 Å². The maximum atomic E-state index is 11.4. The fourth-order valence-electron chi connectivity index (χ4n) is 2.58. The SMILES string of the molecule is C[C@@H](NS(N)(=O)=O)c1ccc(-c2ccnc3[nH]c(=O)ccc23)cc1.Cl. The van der Waals surface area contributed by atoms with Crippen LogP contribution in [0.4, 0.5) is 0 Å². The van der Waals surface area contributed by atoms with Gasteiger partial charge in [0, 0.05) is 23.7 Å². The second kappa shape index (κ2) is 7.32. The van der Waals surface area contributed by atoms with Gasteiger partial charge in [0.25, 0.3) is 10.2 Å². The second-order valence-corrected chi connectivity index (χ2v) is 6.78. The van der Waals surface area contributed by atoms with Crippen molar-refractivity contribution in [1.29, 1.82) is 0 Å². The Hall–Kier alpha value is -2.26. The first-order chi connectivity index (χ1) is 11.3. The van der Waals surface area contributed by atoms with E-state index in [1.807, 2.05) is 30.3 Å². The molecule has 0 bridgehead atoms. The molecular weight excluding hydrogens is 364 g/mol. The van der Waals surface area contributed by atoms with E-state index in [0.717, 1.165) is 22.1 Å². The first-order valence-electron chi connectivity index (χ1n) is 7.22. The van der Waals surface area contributed by atoms with Gasteiger partial charge in [-0.2, -0.15) is 13.1 Å². The summed E-state index contributed by atoms with van der Waals surface area (Å²) in [6.45, 7) is 1.71. The van der Waals surface area contributed by atoms with E-state index in [0.29, 0.717) is 5.65 Å². The van der Waals surface area contributed by atoms with Crippen molar-refractivity contribution in [2.24, 2.45) is 5.14 Å². The highest BCUT2D eigenvalue weighted by Crippen LogP contribution is 2.27. The third-order valence-electron chi connectivity index (χ3n) is 3.70. The standard InChI is InChI=1S/C16H16N4O3S.ClH/c1-10(20-24(17,22)23)11-2-4-12(5-3-11)13-8-9-18-16-14(13)6-7-15(21)19-16;/h2-10,20H,1H3,(H2,17,22,23)(H,18,19,21);1H/t10-;/m1./s1. The zero-order chi connectivity index (χ0) is 17.3. The Morgan fingerprint density at radius 3 is 2.44 bits per heavy atom. The van der Waals surface area contributed by atoms with Crippen molar-refractivity contribution < 1.29 is 8.42 Å². The number of nitrogens with zero attached hydrogens (tertiary/aromatic N) is 1. The summed E-state index contributed by atoms with van der Waals surface area (Å²) in [7, 11) is -3.76. The summed E-state index contributed by atoms with van der Waals surface area (Å²) in [4.78, 5) is 18.3. The Bertz CT molecular complexity index is 1050. The Labute approximate surface area is 150 Å². The van der Waals surface area contributed by atoms with E-state index in [9.17, 15) is 13.2 Å². The number of pyridine rings is 2. The number of H-pyrrole nitrogens is 1. The first-order valence-corrected chi connectivity index (χ1v) is 8.76. The number of hydrogen-bond donors (Lipinski definition) is 3. The monoisotopic (exact) mass is 380 g/mol. The van der Waals surface area contributed by atoms with E-state index in [-0.39, 0.29) is 18.0 Å². The van der Waals surface area contributed by atoms with Gasteiger partial charge in [0.1, 0.15) is 5.65 Å². The molecule has 2 heterocycles. The molecule has 1 atom stereocenters. The summed E-state index contributed by atoms with van der Waals surface area (Å²) >= 11 is 0. The van der Waals surface area contributed by atoms with Crippen LogP contribution in [0.25, 0.3) is 22.2 Å². The number of nitrogens with two attached hydrogens (primary N) is 1. The summed E-state index contributed by atoms with van der Waals surface area (Å²) in [6, 6.07) is 12.1. The third-order valence-corrected chi connectivity index (χ3v) is 4.38. The van der Waals surface area contributed by atoms with Crippen LogP contribution in [0.1, 0.15) is 18.5 Å².